The molecule has 0 heterocycles. The van der Waals surface area contributed by atoms with Gasteiger partial charge in [0.05, 0.1) is 6.10 Å². The molecule has 0 rings (SSSR count). The number of hydrogen-bond donors (Lipinski definition) is 0. The van der Waals surface area contributed by atoms with E-state index in [1.165, 1.54) is 18.1 Å². The summed E-state index contributed by atoms with van der Waals surface area (Å²) in [5.74, 6) is 0. The van der Waals surface area contributed by atoms with Crippen molar-refractivity contribution in [2.45, 2.75) is 51.9 Å². The second kappa shape index (κ2) is 5.54. The molecule has 2 heteroatoms. The molecular formula is C10H22OSi. The van der Waals surface area contributed by atoms with Crippen LogP contribution in [0, 0.1) is 0 Å². The molecule has 12 heavy (non-hydrogen) atoms. The number of hydrogen-bond acceptors (Lipinski definition) is 1. The van der Waals surface area contributed by atoms with E-state index in [1.54, 1.807) is 0 Å². The summed E-state index contributed by atoms with van der Waals surface area (Å²) in [6.45, 7) is 12.6. The molecule has 0 aliphatic heterocycles. The van der Waals surface area contributed by atoms with Gasteiger partial charge >= 0.3 is 0 Å². The Hall–Kier alpha value is -0.0831. The van der Waals surface area contributed by atoms with Gasteiger partial charge < -0.3 is 4.43 Å². The normalized spacial score (nSPS) is 14.3. The van der Waals surface area contributed by atoms with Gasteiger partial charge in [-0.3, -0.25) is 0 Å². The monoisotopic (exact) mass is 186 g/mol. The highest BCUT2D eigenvalue weighted by molar-refractivity contribution is 6.73. The lowest BCUT2D eigenvalue weighted by atomic mass is 10.4. The SMILES string of the molecule is C=CC(C)O[Si](CC)(CC)CC. The van der Waals surface area contributed by atoms with Crippen molar-refractivity contribution in [3.8, 4) is 0 Å². The Morgan fingerprint density at radius 3 is 1.92 bits per heavy atom. The van der Waals surface area contributed by atoms with E-state index in [2.05, 4.69) is 34.3 Å². The zero-order valence-corrected chi connectivity index (χ0v) is 9.89. The van der Waals surface area contributed by atoms with Crippen LogP contribution in [0.2, 0.25) is 18.1 Å². The van der Waals surface area contributed by atoms with Gasteiger partial charge in [-0.25, -0.2) is 0 Å². The first kappa shape index (κ1) is 11.9. The largest absolute Gasteiger partial charge is 0.411 e. The predicted octanol–water partition coefficient (Wildman–Crippen LogP) is 3.58. The van der Waals surface area contributed by atoms with Crippen LogP contribution in [0.25, 0.3) is 0 Å². The highest BCUT2D eigenvalue weighted by Gasteiger charge is 2.29. The maximum Gasteiger partial charge on any atom is 0.192 e. The van der Waals surface area contributed by atoms with Crippen LogP contribution in [-0.2, 0) is 4.43 Å². The fourth-order valence-corrected chi connectivity index (χ4v) is 4.33. The molecule has 0 saturated heterocycles. The Labute approximate surface area is 78.0 Å². The molecule has 0 aliphatic carbocycles. The Balaban J connectivity index is 4.18. The number of rotatable bonds is 6. The summed E-state index contributed by atoms with van der Waals surface area (Å²) >= 11 is 0. The molecule has 0 aromatic rings. The standard InChI is InChI=1S/C10H22OSi/c1-6-10(5)11-12(7-2,8-3)9-4/h6,10H,1,7-9H2,2-5H3. The molecule has 0 bridgehead atoms. The topological polar surface area (TPSA) is 9.23 Å². The zero-order valence-electron chi connectivity index (χ0n) is 8.89. The van der Waals surface area contributed by atoms with Crippen molar-refractivity contribution in [3.05, 3.63) is 12.7 Å². The van der Waals surface area contributed by atoms with E-state index in [-0.39, 0.29) is 6.10 Å². The summed E-state index contributed by atoms with van der Waals surface area (Å²) in [5.41, 5.74) is 0. The van der Waals surface area contributed by atoms with Crippen LogP contribution in [0.4, 0.5) is 0 Å². The molecule has 0 amide bonds. The molecule has 0 radical (unpaired) electrons. The highest BCUT2D eigenvalue weighted by Crippen LogP contribution is 2.23. The van der Waals surface area contributed by atoms with Gasteiger partial charge in [0.25, 0.3) is 0 Å². The molecule has 0 saturated carbocycles. The van der Waals surface area contributed by atoms with Crippen molar-refractivity contribution in [3.63, 3.8) is 0 Å². The Kier molecular flexibility index (Phi) is 5.50. The quantitative estimate of drug-likeness (QED) is 0.455. The lowest BCUT2D eigenvalue weighted by Crippen LogP contribution is -2.38. The first-order valence-electron chi connectivity index (χ1n) is 4.94. The van der Waals surface area contributed by atoms with Crippen LogP contribution in [0.5, 0.6) is 0 Å². The molecule has 0 N–H and O–H groups in total. The van der Waals surface area contributed by atoms with Gasteiger partial charge in [0.1, 0.15) is 0 Å². The molecule has 0 spiro atoms. The molecule has 72 valence electrons. The average molecular weight is 186 g/mol. The summed E-state index contributed by atoms with van der Waals surface area (Å²) < 4.78 is 6.06. The van der Waals surface area contributed by atoms with E-state index < -0.39 is 8.32 Å². The van der Waals surface area contributed by atoms with Crippen molar-refractivity contribution in [2.75, 3.05) is 0 Å². The Bertz CT molecular complexity index is 122. The third-order valence-corrected chi connectivity index (χ3v) is 7.44. The highest BCUT2D eigenvalue weighted by atomic mass is 28.4. The van der Waals surface area contributed by atoms with E-state index in [1.807, 2.05) is 6.08 Å². The first-order valence-corrected chi connectivity index (χ1v) is 7.47. The molecule has 0 fully saturated rings. The minimum absolute atomic E-state index is 0.233. The van der Waals surface area contributed by atoms with Crippen LogP contribution >= 0.6 is 0 Å². The fraction of sp³-hybridized carbons (Fsp3) is 0.800. The zero-order chi connectivity index (χ0) is 9.61. The van der Waals surface area contributed by atoms with Crippen LogP contribution in [0.15, 0.2) is 12.7 Å². The third-order valence-electron chi connectivity index (χ3n) is 2.70. The first-order chi connectivity index (χ1) is 5.64. The lowest BCUT2D eigenvalue weighted by Gasteiger charge is -2.30. The van der Waals surface area contributed by atoms with Crippen LogP contribution < -0.4 is 0 Å². The molecule has 1 unspecified atom stereocenters. The summed E-state index contributed by atoms with van der Waals surface area (Å²) in [7, 11) is -1.37. The second-order valence-corrected chi connectivity index (χ2v) is 8.03. The van der Waals surface area contributed by atoms with Gasteiger partial charge in [-0.05, 0) is 25.1 Å². The molecule has 0 aromatic heterocycles. The molecule has 0 aliphatic rings. The molecule has 1 atom stereocenters. The molecular weight excluding hydrogens is 164 g/mol. The molecule has 0 aromatic carbocycles. The smallest absolute Gasteiger partial charge is 0.192 e. The van der Waals surface area contributed by atoms with Crippen LogP contribution in [0.1, 0.15) is 27.7 Å². The summed E-state index contributed by atoms with van der Waals surface area (Å²) in [4.78, 5) is 0. The second-order valence-electron chi connectivity index (χ2n) is 3.30. The summed E-state index contributed by atoms with van der Waals surface area (Å²) in [5, 5.41) is 0. The van der Waals surface area contributed by atoms with Crippen LogP contribution in [-0.4, -0.2) is 14.4 Å². The van der Waals surface area contributed by atoms with Crippen molar-refractivity contribution < 1.29 is 4.43 Å². The van der Waals surface area contributed by atoms with E-state index >= 15 is 0 Å². The van der Waals surface area contributed by atoms with E-state index in [0.717, 1.165) is 0 Å². The van der Waals surface area contributed by atoms with Gasteiger partial charge in [-0.1, -0.05) is 26.8 Å². The van der Waals surface area contributed by atoms with E-state index in [9.17, 15) is 0 Å². The lowest BCUT2D eigenvalue weighted by molar-refractivity contribution is 0.252. The van der Waals surface area contributed by atoms with Gasteiger partial charge in [0.2, 0.25) is 0 Å². The van der Waals surface area contributed by atoms with E-state index in [4.69, 9.17) is 4.43 Å². The van der Waals surface area contributed by atoms with Gasteiger partial charge in [0, 0.05) is 0 Å². The fourth-order valence-electron chi connectivity index (χ4n) is 1.44. The maximum absolute atomic E-state index is 6.06. The van der Waals surface area contributed by atoms with Crippen molar-refractivity contribution in [1.82, 2.24) is 0 Å². The van der Waals surface area contributed by atoms with Crippen molar-refractivity contribution in [1.29, 1.82) is 0 Å². The Morgan fingerprint density at radius 2 is 1.67 bits per heavy atom. The van der Waals surface area contributed by atoms with Gasteiger partial charge in [-0.2, -0.15) is 0 Å². The summed E-state index contributed by atoms with van der Waals surface area (Å²) in [6, 6.07) is 3.66. The Morgan fingerprint density at radius 1 is 1.25 bits per heavy atom. The van der Waals surface area contributed by atoms with E-state index in [0.29, 0.717) is 0 Å². The molecule has 1 nitrogen and oxygen atoms in total. The minimum atomic E-state index is -1.37. The maximum atomic E-state index is 6.06. The van der Waals surface area contributed by atoms with Gasteiger partial charge in [-0.15, -0.1) is 6.58 Å². The van der Waals surface area contributed by atoms with Crippen LogP contribution in [0.3, 0.4) is 0 Å². The summed E-state index contributed by atoms with van der Waals surface area (Å²) in [6.07, 6.45) is 2.12. The third kappa shape index (κ3) is 3.11. The van der Waals surface area contributed by atoms with Gasteiger partial charge in [0.15, 0.2) is 8.32 Å². The minimum Gasteiger partial charge on any atom is -0.411 e. The predicted molar refractivity (Wildman–Crippen MR) is 57.9 cm³/mol. The van der Waals surface area contributed by atoms with Crippen molar-refractivity contribution in [2.24, 2.45) is 0 Å². The van der Waals surface area contributed by atoms with Crippen molar-refractivity contribution >= 4 is 8.32 Å². The average Bonchev–Trinajstić information content (AvgIpc) is 2.14.